The fourth-order valence-electron chi connectivity index (χ4n) is 2.97. The van der Waals surface area contributed by atoms with Gasteiger partial charge in [-0.3, -0.25) is 14.4 Å². The molecule has 6 nitrogen and oxygen atoms in total. The summed E-state index contributed by atoms with van der Waals surface area (Å²) in [4.78, 5) is 34.9. The highest BCUT2D eigenvalue weighted by molar-refractivity contribution is 5.97. The SMILES string of the molecule is CC(=O)Nc1ccc(NC(=O)C(NC(C)=O)C2CCCC2)cc1. The molecule has 0 spiro atoms. The predicted molar refractivity (Wildman–Crippen MR) is 88.9 cm³/mol. The second kappa shape index (κ2) is 7.76. The van der Waals surface area contributed by atoms with Gasteiger partial charge in [0.2, 0.25) is 17.7 Å². The molecule has 6 heteroatoms. The molecule has 1 aromatic rings. The number of hydrogen-bond acceptors (Lipinski definition) is 3. The summed E-state index contributed by atoms with van der Waals surface area (Å²) in [5, 5.41) is 8.28. The van der Waals surface area contributed by atoms with Crippen LogP contribution in [0.5, 0.6) is 0 Å². The van der Waals surface area contributed by atoms with Crippen molar-refractivity contribution in [2.24, 2.45) is 5.92 Å². The normalized spacial score (nSPS) is 15.7. The number of amides is 3. The van der Waals surface area contributed by atoms with Crippen molar-refractivity contribution in [1.82, 2.24) is 5.32 Å². The molecular weight excluding hydrogens is 294 g/mol. The molecule has 0 aliphatic heterocycles. The Morgan fingerprint density at radius 2 is 1.43 bits per heavy atom. The molecule has 0 bridgehead atoms. The van der Waals surface area contributed by atoms with Gasteiger partial charge in [0, 0.05) is 25.2 Å². The van der Waals surface area contributed by atoms with E-state index in [4.69, 9.17) is 0 Å². The summed E-state index contributed by atoms with van der Waals surface area (Å²) in [6, 6.07) is 6.40. The molecule has 1 aromatic carbocycles. The molecule has 0 aromatic heterocycles. The van der Waals surface area contributed by atoms with Crippen LogP contribution in [-0.2, 0) is 14.4 Å². The minimum absolute atomic E-state index is 0.145. The van der Waals surface area contributed by atoms with Crippen LogP contribution in [0.2, 0.25) is 0 Å². The number of nitrogens with one attached hydrogen (secondary N) is 3. The molecule has 1 aliphatic rings. The van der Waals surface area contributed by atoms with Crippen LogP contribution in [0.25, 0.3) is 0 Å². The van der Waals surface area contributed by atoms with Crippen LogP contribution in [0.1, 0.15) is 39.5 Å². The number of carbonyl (C=O) groups excluding carboxylic acids is 3. The molecule has 0 radical (unpaired) electrons. The monoisotopic (exact) mass is 317 g/mol. The minimum Gasteiger partial charge on any atom is -0.344 e. The summed E-state index contributed by atoms with van der Waals surface area (Å²) >= 11 is 0. The largest absolute Gasteiger partial charge is 0.344 e. The lowest BCUT2D eigenvalue weighted by molar-refractivity contribution is -0.126. The molecular formula is C17H23N3O3. The Morgan fingerprint density at radius 1 is 0.913 bits per heavy atom. The lowest BCUT2D eigenvalue weighted by Gasteiger charge is -2.23. The van der Waals surface area contributed by atoms with E-state index in [0.29, 0.717) is 11.4 Å². The second-order valence-corrected chi connectivity index (χ2v) is 5.97. The zero-order valence-corrected chi connectivity index (χ0v) is 13.5. The lowest BCUT2D eigenvalue weighted by Crippen LogP contribution is -2.47. The molecule has 1 saturated carbocycles. The Balaban J connectivity index is 2.02. The van der Waals surface area contributed by atoms with Crippen molar-refractivity contribution in [3.63, 3.8) is 0 Å². The van der Waals surface area contributed by atoms with Gasteiger partial charge in [0.15, 0.2) is 0 Å². The summed E-state index contributed by atoms with van der Waals surface area (Å²) in [5.41, 5.74) is 1.31. The first-order chi connectivity index (χ1) is 11.0. The molecule has 0 heterocycles. The maximum atomic E-state index is 12.5. The van der Waals surface area contributed by atoms with Crippen molar-refractivity contribution in [2.45, 2.75) is 45.6 Å². The van der Waals surface area contributed by atoms with Crippen molar-refractivity contribution < 1.29 is 14.4 Å². The molecule has 1 aliphatic carbocycles. The summed E-state index contributed by atoms with van der Waals surface area (Å²) in [5.74, 6) is -0.344. The van der Waals surface area contributed by atoms with Crippen LogP contribution in [-0.4, -0.2) is 23.8 Å². The van der Waals surface area contributed by atoms with Gasteiger partial charge in [0.1, 0.15) is 6.04 Å². The standard InChI is InChI=1S/C17H23N3O3/c1-11(21)18-14-7-9-15(10-8-14)20-17(23)16(19-12(2)22)13-5-3-4-6-13/h7-10,13,16H,3-6H2,1-2H3,(H,18,21)(H,19,22)(H,20,23). The topological polar surface area (TPSA) is 87.3 Å². The molecule has 0 saturated heterocycles. The number of carbonyl (C=O) groups is 3. The first-order valence-corrected chi connectivity index (χ1v) is 7.91. The highest BCUT2D eigenvalue weighted by atomic mass is 16.2. The second-order valence-electron chi connectivity index (χ2n) is 5.97. The number of hydrogen-bond donors (Lipinski definition) is 3. The third-order valence-electron chi connectivity index (χ3n) is 3.99. The van der Waals surface area contributed by atoms with Gasteiger partial charge in [-0.2, -0.15) is 0 Å². The van der Waals surface area contributed by atoms with Gasteiger partial charge in [-0.25, -0.2) is 0 Å². The molecule has 1 fully saturated rings. The van der Waals surface area contributed by atoms with Crippen LogP contribution in [0.3, 0.4) is 0 Å². The summed E-state index contributed by atoms with van der Waals surface area (Å²) in [7, 11) is 0. The van der Waals surface area contributed by atoms with Gasteiger partial charge in [-0.15, -0.1) is 0 Å². The van der Waals surface area contributed by atoms with E-state index in [9.17, 15) is 14.4 Å². The predicted octanol–water partition coefficient (Wildman–Crippen LogP) is 2.28. The highest BCUT2D eigenvalue weighted by Crippen LogP contribution is 2.28. The zero-order chi connectivity index (χ0) is 16.8. The summed E-state index contributed by atoms with van der Waals surface area (Å²) < 4.78 is 0. The van der Waals surface area contributed by atoms with Crippen LogP contribution in [0.4, 0.5) is 11.4 Å². The minimum atomic E-state index is -0.495. The third kappa shape index (κ3) is 5.09. The van der Waals surface area contributed by atoms with Gasteiger partial charge >= 0.3 is 0 Å². The Morgan fingerprint density at radius 3 is 1.91 bits per heavy atom. The Hall–Kier alpha value is -2.37. The van der Waals surface area contributed by atoms with E-state index >= 15 is 0 Å². The molecule has 23 heavy (non-hydrogen) atoms. The first-order valence-electron chi connectivity index (χ1n) is 7.91. The average Bonchev–Trinajstić information content (AvgIpc) is 3.00. The molecule has 1 unspecified atom stereocenters. The molecule has 3 amide bonds. The van der Waals surface area contributed by atoms with Crippen molar-refractivity contribution in [1.29, 1.82) is 0 Å². The number of anilines is 2. The molecule has 2 rings (SSSR count). The van der Waals surface area contributed by atoms with Crippen LogP contribution < -0.4 is 16.0 Å². The molecule has 1 atom stereocenters. The summed E-state index contributed by atoms with van der Waals surface area (Å²) in [6.45, 7) is 2.87. The highest BCUT2D eigenvalue weighted by Gasteiger charge is 2.31. The van der Waals surface area contributed by atoms with Gasteiger partial charge in [-0.05, 0) is 43.0 Å². The van der Waals surface area contributed by atoms with E-state index in [0.717, 1.165) is 25.7 Å². The quantitative estimate of drug-likeness (QED) is 0.778. The fourth-order valence-corrected chi connectivity index (χ4v) is 2.97. The van der Waals surface area contributed by atoms with E-state index in [-0.39, 0.29) is 23.6 Å². The Labute approximate surface area is 136 Å². The van der Waals surface area contributed by atoms with Crippen molar-refractivity contribution in [2.75, 3.05) is 10.6 Å². The van der Waals surface area contributed by atoms with Crippen LogP contribution in [0, 0.1) is 5.92 Å². The fraction of sp³-hybridized carbons (Fsp3) is 0.471. The lowest BCUT2D eigenvalue weighted by atomic mass is 9.97. The van der Waals surface area contributed by atoms with E-state index < -0.39 is 6.04 Å². The van der Waals surface area contributed by atoms with Gasteiger partial charge in [0.05, 0.1) is 0 Å². The van der Waals surface area contributed by atoms with Crippen LogP contribution in [0.15, 0.2) is 24.3 Å². The van der Waals surface area contributed by atoms with E-state index in [1.54, 1.807) is 24.3 Å². The smallest absolute Gasteiger partial charge is 0.247 e. The van der Waals surface area contributed by atoms with E-state index in [2.05, 4.69) is 16.0 Å². The Kier molecular flexibility index (Phi) is 5.73. The summed E-state index contributed by atoms with van der Waals surface area (Å²) in [6.07, 6.45) is 4.11. The van der Waals surface area contributed by atoms with Crippen LogP contribution >= 0.6 is 0 Å². The van der Waals surface area contributed by atoms with Crippen molar-refractivity contribution in [3.8, 4) is 0 Å². The first kappa shape index (κ1) is 17.0. The Bertz CT molecular complexity index is 577. The maximum absolute atomic E-state index is 12.5. The third-order valence-corrected chi connectivity index (χ3v) is 3.99. The van der Waals surface area contributed by atoms with Gasteiger partial charge in [0.25, 0.3) is 0 Å². The van der Waals surface area contributed by atoms with Gasteiger partial charge in [-0.1, -0.05) is 12.8 Å². The zero-order valence-electron chi connectivity index (χ0n) is 13.5. The van der Waals surface area contributed by atoms with Gasteiger partial charge < -0.3 is 16.0 Å². The molecule has 3 N–H and O–H groups in total. The van der Waals surface area contributed by atoms with E-state index in [1.807, 2.05) is 0 Å². The number of benzene rings is 1. The van der Waals surface area contributed by atoms with Crippen molar-refractivity contribution >= 4 is 29.1 Å². The molecule has 124 valence electrons. The average molecular weight is 317 g/mol. The van der Waals surface area contributed by atoms with Crippen molar-refractivity contribution in [3.05, 3.63) is 24.3 Å². The number of rotatable bonds is 5. The maximum Gasteiger partial charge on any atom is 0.247 e. The van der Waals surface area contributed by atoms with E-state index in [1.165, 1.54) is 13.8 Å².